The van der Waals surface area contributed by atoms with E-state index in [9.17, 15) is 0 Å². The maximum Gasteiger partial charge on any atom is 2.00 e. The Kier molecular flexibility index (Phi) is 28.3. The minimum Gasteiger partial charge on any atom is -0.323 e. The molecule has 0 nitrogen and oxygen atoms in total. The molecule has 0 aromatic carbocycles. The molecule has 0 amide bonds. The summed E-state index contributed by atoms with van der Waals surface area (Å²) in [5.41, 5.74) is 0. The van der Waals surface area contributed by atoms with Gasteiger partial charge in [-0.25, -0.2) is 19.1 Å². The van der Waals surface area contributed by atoms with Crippen LogP contribution in [-0.2, 0) is 0 Å². The van der Waals surface area contributed by atoms with Crippen LogP contribution in [0.2, 0.25) is 0 Å². The zero-order valence-corrected chi connectivity index (χ0v) is 8.48. The fourth-order valence-electron chi connectivity index (χ4n) is 0. The average molecular weight is 137 g/mol. The average Bonchev–Trinajstić information content (AvgIpc) is 1.65. The Morgan fingerprint density at radius 2 is 1.33 bits per heavy atom. The molecule has 0 rings (SSSR count). The maximum absolute atomic E-state index is 3.42. The van der Waals surface area contributed by atoms with Gasteiger partial charge >= 0.3 is 23.1 Å². The van der Waals surface area contributed by atoms with Crippen molar-refractivity contribution in [1.29, 1.82) is 0 Å². The largest absolute Gasteiger partial charge is 2.00 e. The van der Waals surface area contributed by atoms with Crippen molar-refractivity contribution in [3.05, 3.63) is 25.0 Å². The summed E-state index contributed by atoms with van der Waals surface area (Å²) in [4.78, 5) is 0. The summed E-state index contributed by atoms with van der Waals surface area (Å²) in [6.45, 7) is 11.6. The molecular weight excluding hydrogens is 120 g/mol. The van der Waals surface area contributed by atoms with E-state index < -0.39 is 0 Å². The van der Waals surface area contributed by atoms with Crippen LogP contribution in [0, 0.1) is 12.8 Å². The maximum atomic E-state index is 3.42. The number of hydrogen-bond donors (Lipinski definition) is 0. The molecule has 1 heteroatoms. The third-order valence-corrected chi connectivity index (χ3v) is 0.236. The molecule has 50 valence electrons. The standard InChI is InChI=1S/C4H9.C4H7.Mg/c1-4(2)3;1-3-4-2;/h1-3H3;3-4H,1H2,2H3;/q2*-1;+2/b;4-3+;. The van der Waals surface area contributed by atoms with Gasteiger partial charge < -0.3 is 5.92 Å². The summed E-state index contributed by atoms with van der Waals surface area (Å²) in [5.74, 6) is 1.42. The van der Waals surface area contributed by atoms with E-state index in [-0.39, 0.29) is 23.1 Å². The first kappa shape index (κ1) is 16.2. The fraction of sp³-hybridized carbons (Fsp3) is 0.500. The monoisotopic (exact) mass is 136 g/mol. The number of hydrogen-bond acceptors (Lipinski definition) is 0. The van der Waals surface area contributed by atoms with Crippen LogP contribution in [-0.4, -0.2) is 23.1 Å². The first-order valence-corrected chi connectivity index (χ1v) is 2.82. The molecule has 0 saturated heterocycles. The van der Waals surface area contributed by atoms with Gasteiger partial charge in [-0.2, -0.15) is 20.8 Å². The minimum atomic E-state index is 0. The van der Waals surface area contributed by atoms with Gasteiger partial charge in [0.15, 0.2) is 0 Å². The van der Waals surface area contributed by atoms with Gasteiger partial charge in [0.25, 0.3) is 0 Å². The zero-order chi connectivity index (χ0) is 6.99. The molecule has 0 atom stereocenters. The summed E-state index contributed by atoms with van der Waals surface area (Å²) in [5, 5.41) is 0. The second-order valence-corrected chi connectivity index (χ2v) is 2.07. The topological polar surface area (TPSA) is 0 Å². The van der Waals surface area contributed by atoms with E-state index in [0.717, 1.165) is 0 Å². The van der Waals surface area contributed by atoms with Crippen molar-refractivity contribution in [3.63, 3.8) is 0 Å². The Bertz CT molecular complexity index is 39.8. The normalized spacial score (nSPS) is 8.11. The SMILES string of the molecule is C[C-](C)C.[CH2-]/C=C/C.[Mg+2]. The van der Waals surface area contributed by atoms with Crippen LogP contribution in [0.15, 0.2) is 12.2 Å². The van der Waals surface area contributed by atoms with Gasteiger partial charge in [0.2, 0.25) is 0 Å². The van der Waals surface area contributed by atoms with Crippen molar-refractivity contribution >= 4 is 23.1 Å². The van der Waals surface area contributed by atoms with Gasteiger partial charge in [0.1, 0.15) is 0 Å². The first-order chi connectivity index (χ1) is 3.65. The van der Waals surface area contributed by atoms with Crippen molar-refractivity contribution in [3.8, 4) is 0 Å². The molecule has 0 unspecified atom stereocenters. The van der Waals surface area contributed by atoms with Crippen molar-refractivity contribution in [1.82, 2.24) is 0 Å². The van der Waals surface area contributed by atoms with E-state index in [4.69, 9.17) is 0 Å². The second-order valence-electron chi connectivity index (χ2n) is 2.07. The molecule has 0 fully saturated rings. The van der Waals surface area contributed by atoms with E-state index in [2.05, 4.69) is 27.7 Å². The van der Waals surface area contributed by atoms with Crippen molar-refractivity contribution < 1.29 is 0 Å². The second kappa shape index (κ2) is 15.8. The minimum absolute atomic E-state index is 0. The predicted molar refractivity (Wildman–Crippen MR) is 46.2 cm³/mol. The van der Waals surface area contributed by atoms with E-state index >= 15 is 0 Å². The number of rotatable bonds is 0. The zero-order valence-electron chi connectivity index (χ0n) is 7.07. The van der Waals surface area contributed by atoms with Crippen LogP contribution in [0.5, 0.6) is 0 Å². The molecule has 0 N–H and O–H groups in total. The molecule has 0 aliphatic rings. The van der Waals surface area contributed by atoms with E-state index in [0.29, 0.717) is 0 Å². The summed E-state index contributed by atoms with van der Waals surface area (Å²) < 4.78 is 0. The Morgan fingerprint density at radius 1 is 1.22 bits per heavy atom. The molecule has 0 aromatic rings. The van der Waals surface area contributed by atoms with Crippen molar-refractivity contribution in [2.45, 2.75) is 27.7 Å². The summed E-state index contributed by atoms with van der Waals surface area (Å²) in [7, 11) is 0. The molecular formula is C8H16Mg. The van der Waals surface area contributed by atoms with Crippen LogP contribution >= 0.6 is 0 Å². The number of allylic oxidation sites excluding steroid dienone is 2. The Morgan fingerprint density at radius 3 is 1.33 bits per heavy atom. The molecule has 0 aliphatic heterocycles. The fourth-order valence-corrected chi connectivity index (χ4v) is 0. The van der Waals surface area contributed by atoms with Crippen LogP contribution in [0.3, 0.4) is 0 Å². The van der Waals surface area contributed by atoms with Gasteiger partial charge in [0.05, 0.1) is 0 Å². The Labute approximate surface area is 75.9 Å². The predicted octanol–water partition coefficient (Wildman–Crippen LogP) is 2.64. The molecule has 0 heterocycles. The molecule has 0 saturated carbocycles. The van der Waals surface area contributed by atoms with Crippen LogP contribution in [0.1, 0.15) is 27.7 Å². The van der Waals surface area contributed by atoms with Gasteiger partial charge in [-0.15, -0.1) is 6.92 Å². The van der Waals surface area contributed by atoms with E-state index in [1.165, 1.54) is 5.92 Å². The van der Waals surface area contributed by atoms with Gasteiger partial charge in [-0.3, -0.25) is 0 Å². The summed E-state index contributed by atoms with van der Waals surface area (Å²) in [6, 6.07) is 0. The quantitative estimate of drug-likeness (QED) is 0.355. The molecule has 0 spiro atoms. The van der Waals surface area contributed by atoms with E-state index in [1.54, 1.807) is 6.08 Å². The molecule has 0 aliphatic carbocycles. The third kappa shape index (κ3) is 180. The van der Waals surface area contributed by atoms with Crippen molar-refractivity contribution in [2.75, 3.05) is 0 Å². The Hall–Kier alpha value is 0.376. The van der Waals surface area contributed by atoms with Gasteiger partial charge in [-0.05, 0) is 0 Å². The molecule has 9 heavy (non-hydrogen) atoms. The van der Waals surface area contributed by atoms with E-state index in [1.807, 2.05) is 13.0 Å². The molecule has 0 aromatic heterocycles. The Balaban J connectivity index is -0.0000000720. The third-order valence-electron chi connectivity index (χ3n) is 0.236. The molecule has 0 radical (unpaired) electrons. The summed E-state index contributed by atoms with van der Waals surface area (Å²) >= 11 is 0. The van der Waals surface area contributed by atoms with Crippen molar-refractivity contribution in [2.24, 2.45) is 0 Å². The smallest absolute Gasteiger partial charge is 0.323 e. The van der Waals surface area contributed by atoms with Crippen LogP contribution in [0.4, 0.5) is 0 Å². The summed E-state index contributed by atoms with van der Waals surface area (Å²) in [6.07, 6.45) is 3.64. The van der Waals surface area contributed by atoms with Gasteiger partial charge in [-0.1, -0.05) is 0 Å². The van der Waals surface area contributed by atoms with Crippen LogP contribution < -0.4 is 0 Å². The molecule has 0 bridgehead atoms. The van der Waals surface area contributed by atoms with Crippen LogP contribution in [0.25, 0.3) is 0 Å². The van der Waals surface area contributed by atoms with Gasteiger partial charge in [0, 0.05) is 0 Å². The first-order valence-electron chi connectivity index (χ1n) is 2.82.